The number of urea groups is 1. The number of ether oxygens (including phenoxy) is 2. The molecule has 2 aromatic rings. The van der Waals surface area contributed by atoms with Crippen LogP contribution in [0, 0.1) is 0 Å². The Bertz CT molecular complexity index is 1290. The van der Waals surface area contributed by atoms with Crippen LogP contribution in [0.1, 0.15) is 54.6 Å². The molecule has 3 heterocycles. The Morgan fingerprint density at radius 3 is 2.53 bits per heavy atom. The number of carbonyl (C=O) groups excluding carboxylic acids is 3. The van der Waals surface area contributed by atoms with Crippen LogP contribution in [0.15, 0.2) is 17.1 Å². The molecule has 0 bridgehead atoms. The fraction of sp³-hybridized carbons (Fsp3) is 0.645. The molecule has 0 saturated carbocycles. The van der Waals surface area contributed by atoms with E-state index >= 15 is 0 Å². The van der Waals surface area contributed by atoms with Crippen LogP contribution < -0.4 is 16.0 Å². The molecule has 3 N–H and O–H groups in total. The predicted molar refractivity (Wildman–Crippen MR) is 196 cm³/mol. The van der Waals surface area contributed by atoms with Crippen molar-refractivity contribution >= 4 is 69.1 Å². The Hall–Kier alpha value is -2.47. The number of rotatable bonds is 19. The van der Waals surface area contributed by atoms with Crippen LogP contribution in [-0.4, -0.2) is 127 Å². The maximum Gasteiger partial charge on any atom is 0.407 e. The second kappa shape index (κ2) is 20.8. The summed E-state index contributed by atoms with van der Waals surface area (Å²) >= 11 is 3.02. The first-order valence-electron chi connectivity index (χ1n) is 15.8. The lowest BCUT2D eigenvalue weighted by Gasteiger charge is -2.30. The van der Waals surface area contributed by atoms with Gasteiger partial charge in [-0.15, -0.1) is 30.9 Å². The maximum absolute atomic E-state index is 13.8. The van der Waals surface area contributed by atoms with Gasteiger partial charge in [-0.05, 0) is 19.3 Å². The normalized spacial score (nSPS) is 15.9. The van der Waals surface area contributed by atoms with Crippen molar-refractivity contribution in [3.63, 3.8) is 0 Å². The molecule has 4 amide bonds. The minimum absolute atomic E-state index is 0.147. The van der Waals surface area contributed by atoms with Gasteiger partial charge >= 0.3 is 12.1 Å². The highest BCUT2D eigenvalue weighted by molar-refractivity contribution is 7.55. The summed E-state index contributed by atoms with van der Waals surface area (Å²) in [4.78, 5) is 53.0. The van der Waals surface area contributed by atoms with Crippen LogP contribution in [0.5, 0.6) is 0 Å². The van der Waals surface area contributed by atoms with Crippen molar-refractivity contribution in [2.45, 2.75) is 70.3 Å². The topological polar surface area (TPSA) is 138 Å². The van der Waals surface area contributed by atoms with E-state index in [1.54, 1.807) is 35.0 Å². The zero-order chi connectivity index (χ0) is 34.2. The van der Waals surface area contributed by atoms with Crippen LogP contribution in [-0.2, 0) is 27.4 Å². The Labute approximate surface area is 289 Å². The Kier molecular flexibility index (Phi) is 17.2. The number of aromatic nitrogens is 2. The summed E-state index contributed by atoms with van der Waals surface area (Å²) in [6, 6.07) is -1.38. The Morgan fingerprint density at radius 2 is 1.89 bits per heavy atom. The molecule has 1 fully saturated rings. The summed E-state index contributed by atoms with van der Waals surface area (Å²) in [5.74, 6) is 0.0941. The van der Waals surface area contributed by atoms with E-state index in [0.29, 0.717) is 57.6 Å². The van der Waals surface area contributed by atoms with Gasteiger partial charge < -0.3 is 30.3 Å². The molecule has 47 heavy (non-hydrogen) atoms. The molecule has 1 aliphatic heterocycles. The summed E-state index contributed by atoms with van der Waals surface area (Å²) in [5, 5.41) is 12.2. The van der Waals surface area contributed by atoms with Crippen LogP contribution in [0.3, 0.4) is 0 Å². The third kappa shape index (κ3) is 14.7. The summed E-state index contributed by atoms with van der Waals surface area (Å²) in [7, 11) is 2.07. The zero-order valence-electron chi connectivity index (χ0n) is 28.0. The third-order valence-corrected chi connectivity index (χ3v) is 11.2. The average molecular weight is 727 g/mol. The third-order valence-electron chi connectivity index (χ3n) is 7.50. The molecule has 0 radical (unpaired) electrons. The molecule has 0 spiro atoms. The van der Waals surface area contributed by atoms with E-state index in [1.165, 1.54) is 11.3 Å². The number of alkyl carbamates (subject to hydrolysis) is 1. The van der Waals surface area contributed by atoms with Gasteiger partial charge in [-0.2, -0.15) is 0 Å². The van der Waals surface area contributed by atoms with Gasteiger partial charge in [-0.25, -0.2) is 14.6 Å². The van der Waals surface area contributed by atoms with Gasteiger partial charge in [0.1, 0.15) is 18.8 Å². The monoisotopic (exact) mass is 726 g/mol. The van der Waals surface area contributed by atoms with Gasteiger partial charge in [0, 0.05) is 56.4 Å². The molecular weight excluding hydrogens is 676 g/mol. The van der Waals surface area contributed by atoms with Gasteiger partial charge in [0.05, 0.1) is 67.4 Å². The SMILES string of the molecule is C=PCC(CCC(C[P+](=C)C)NC(=O)OCc1cncs1)NC(=O)C(CCN1CCOCC1)NC(=O)N(C)Cc1csc(C(C)C)n1. The number of amides is 4. The lowest BCUT2D eigenvalue weighted by atomic mass is 10.1. The van der Waals surface area contributed by atoms with Gasteiger partial charge in [-0.3, -0.25) is 14.7 Å². The van der Waals surface area contributed by atoms with Crippen molar-refractivity contribution in [1.29, 1.82) is 0 Å². The molecule has 0 aliphatic carbocycles. The first kappa shape index (κ1) is 39.0. The molecule has 16 heteroatoms. The van der Waals surface area contributed by atoms with Gasteiger partial charge in [0.25, 0.3) is 0 Å². The predicted octanol–water partition coefficient (Wildman–Crippen LogP) is 4.44. The fourth-order valence-corrected chi connectivity index (χ4v) is 7.90. The molecule has 260 valence electrons. The standard InChI is InChI=1S/C31H49N7O5P2S2/c1-22(2)29-34-25(20-46-29)16-37(3)30(40)36-27(9-10-38-11-13-42-14-12-38)28(39)33-23(18-44-4)7-8-24(19-45(5)6)35-31(41)43-17-26-15-32-21-47-26/h15,20-24,27H,4-5,7-14,16-19H2,1-3,6H3,(H2-,33,35,36,39,40,41)/p+1. The summed E-state index contributed by atoms with van der Waals surface area (Å²) in [6.45, 7) is 10.3. The Balaban J connectivity index is 1.61. The molecule has 0 aromatic carbocycles. The van der Waals surface area contributed by atoms with Crippen molar-refractivity contribution in [3.8, 4) is 0 Å². The van der Waals surface area contributed by atoms with Gasteiger partial charge in [0.2, 0.25) is 5.91 Å². The van der Waals surface area contributed by atoms with E-state index in [9.17, 15) is 14.4 Å². The average Bonchev–Trinajstić information content (AvgIpc) is 3.73. The highest BCUT2D eigenvalue weighted by Crippen LogP contribution is 2.21. The summed E-state index contributed by atoms with van der Waals surface area (Å²) in [5.41, 5.74) is 2.53. The number of morpholine rings is 1. The quantitative estimate of drug-likeness (QED) is 0.181. The molecular formula is C31H50N7O5P2S2+. The van der Waals surface area contributed by atoms with Crippen molar-refractivity contribution in [1.82, 2.24) is 35.7 Å². The van der Waals surface area contributed by atoms with Crippen molar-refractivity contribution in [3.05, 3.63) is 32.7 Å². The number of carbonyl (C=O) groups is 3. The maximum atomic E-state index is 13.8. The summed E-state index contributed by atoms with van der Waals surface area (Å²) < 4.78 is 10.9. The second-order valence-corrected chi connectivity index (χ2v) is 16.8. The Morgan fingerprint density at radius 1 is 1.15 bits per heavy atom. The van der Waals surface area contributed by atoms with E-state index < -0.39 is 19.7 Å². The highest BCUT2D eigenvalue weighted by atomic mass is 32.1. The van der Waals surface area contributed by atoms with Crippen molar-refractivity contribution in [2.75, 3.05) is 58.9 Å². The van der Waals surface area contributed by atoms with Crippen molar-refractivity contribution < 1.29 is 23.9 Å². The molecule has 1 aliphatic rings. The molecule has 1 saturated heterocycles. The smallest absolute Gasteiger partial charge is 0.407 e. The number of hydrogen-bond acceptors (Lipinski definition) is 10. The largest absolute Gasteiger partial charge is 0.444 e. The van der Waals surface area contributed by atoms with E-state index in [2.05, 4.69) is 63.9 Å². The van der Waals surface area contributed by atoms with Gasteiger partial charge in [0.15, 0.2) is 0 Å². The van der Waals surface area contributed by atoms with Gasteiger partial charge in [-0.1, -0.05) is 20.1 Å². The second-order valence-electron chi connectivity index (χ2n) is 12.0. The van der Waals surface area contributed by atoms with Crippen LogP contribution in [0.25, 0.3) is 0 Å². The minimum atomic E-state index is -0.725. The first-order valence-corrected chi connectivity index (χ1v) is 21.0. The van der Waals surface area contributed by atoms with Crippen LogP contribution in [0.4, 0.5) is 9.59 Å². The van der Waals surface area contributed by atoms with Crippen LogP contribution in [0.2, 0.25) is 0 Å². The molecule has 12 nitrogen and oxygen atoms in total. The molecule has 4 unspecified atom stereocenters. The molecule has 3 rings (SSSR count). The molecule has 2 aromatic heterocycles. The van der Waals surface area contributed by atoms with Crippen LogP contribution >= 0.6 is 38.4 Å². The fourth-order valence-electron chi connectivity index (χ4n) is 4.95. The van der Waals surface area contributed by atoms with E-state index in [4.69, 9.17) is 9.47 Å². The van der Waals surface area contributed by atoms with Crippen molar-refractivity contribution in [2.24, 2.45) is 0 Å². The van der Waals surface area contributed by atoms with E-state index in [0.717, 1.165) is 43.0 Å². The zero-order valence-corrected chi connectivity index (χ0v) is 31.4. The van der Waals surface area contributed by atoms with E-state index in [1.807, 2.05) is 5.38 Å². The summed E-state index contributed by atoms with van der Waals surface area (Å²) in [6.07, 6.45) is 12.5. The lowest BCUT2D eigenvalue weighted by Crippen LogP contribution is -2.54. The molecule has 4 atom stereocenters. The number of hydrogen-bond donors (Lipinski definition) is 3. The number of nitrogens with one attached hydrogen (secondary N) is 3. The highest BCUT2D eigenvalue weighted by Gasteiger charge is 2.27. The number of thiazole rings is 2. The number of nitrogens with zero attached hydrogens (tertiary/aromatic N) is 4. The first-order chi connectivity index (χ1) is 22.5. The minimum Gasteiger partial charge on any atom is -0.444 e. The van der Waals surface area contributed by atoms with E-state index in [-0.39, 0.29) is 30.6 Å². The lowest BCUT2D eigenvalue weighted by molar-refractivity contribution is -0.123.